The van der Waals surface area contributed by atoms with E-state index in [4.69, 9.17) is 5.84 Å². The zero-order chi connectivity index (χ0) is 11.7. The molecular formula is C14H12N3+. The van der Waals surface area contributed by atoms with Crippen LogP contribution in [0.25, 0.3) is 22.0 Å². The lowest BCUT2D eigenvalue weighted by Crippen LogP contribution is -2.48. The molecule has 2 N–H and O–H groups in total. The molecule has 3 aromatic rings. The Kier molecular flexibility index (Phi) is 2.22. The van der Waals surface area contributed by atoms with Crippen LogP contribution in [0.4, 0.5) is 0 Å². The van der Waals surface area contributed by atoms with E-state index in [0.29, 0.717) is 0 Å². The van der Waals surface area contributed by atoms with Crippen molar-refractivity contribution in [1.29, 1.82) is 0 Å². The van der Waals surface area contributed by atoms with E-state index < -0.39 is 0 Å². The Balaban J connectivity index is 2.36. The van der Waals surface area contributed by atoms with Gasteiger partial charge in [-0.05, 0) is 6.07 Å². The number of fused-ring (bicyclic) bond motifs is 1. The summed E-state index contributed by atoms with van der Waals surface area (Å²) in [6.45, 7) is 0. The molecule has 0 radical (unpaired) electrons. The summed E-state index contributed by atoms with van der Waals surface area (Å²) in [5.41, 5.74) is 1.98. The molecule has 3 rings (SSSR count). The largest absolute Gasteiger partial charge is 0.238 e. The van der Waals surface area contributed by atoms with Crippen molar-refractivity contribution in [2.24, 2.45) is 0 Å². The third-order valence-corrected chi connectivity index (χ3v) is 2.75. The molecule has 0 bridgehead atoms. The second kappa shape index (κ2) is 3.87. The first kappa shape index (κ1) is 9.78. The SMILES string of the molecule is N[n+]1cc2ccccc2c(-c2ccccc2)n1. The van der Waals surface area contributed by atoms with Crippen molar-refractivity contribution in [3.8, 4) is 11.3 Å². The van der Waals surface area contributed by atoms with E-state index >= 15 is 0 Å². The van der Waals surface area contributed by atoms with Crippen LogP contribution in [-0.2, 0) is 0 Å². The van der Waals surface area contributed by atoms with E-state index in [9.17, 15) is 0 Å². The minimum absolute atomic E-state index is 0.909. The number of hydrogen-bond donors (Lipinski definition) is 1. The van der Waals surface area contributed by atoms with Gasteiger partial charge in [-0.15, -0.1) is 0 Å². The van der Waals surface area contributed by atoms with Gasteiger partial charge in [-0.2, -0.15) is 5.84 Å². The van der Waals surface area contributed by atoms with E-state index in [0.717, 1.165) is 22.0 Å². The van der Waals surface area contributed by atoms with Gasteiger partial charge < -0.3 is 0 Å². The van der Waals surface area contributed by atoms with Crippen LogP contribution >= 0.6 is 0 Å². The van der Waals surface area contributed by atoms with Gasteiger partial charge in [-0.25, -0.2) is 0 Å². The number of aromatic nitrogens is 2. The molecule has 1 aromatic heterocycles. The lowest BCUT2D eigenvalue weighted by atomic mass is 10.1. The molecule has 0 saturated carbocycles. The summed E-state index contributed by atoms with van der Waals surface area (Å²) in [7, 11) is 0. The van der Waals surface area contributed by atoms with Crippen molar-refractivity contribution in [2.45, 2.75) is 0 Å². The van der Waals surface area contributed by atoms with E-state index in [-0.39, 0.29) is 0 Å². The van der Waals surface area contributed by atoms with Gasteiger partial charge in [-0.1, -0.05) is 48.5 Å². The van der Waals surface area contributed by atoms with Crippen molar-refractivity contribution < 1.29 is 4.79 Å². The Bertz CT molecular complexity index is 663. The Hall–Kier alpha value is -2.42. The van der Waals surface area contributed by atoms with Crippen LogP contribution in [0, 0.1) is 0 Å². The number of hydrogen-bond acceptors (Lipinski definition) is 2. The molecule has 0 aliphatic carbocycles. The van der Waals surface area contributed by atoms with E-state index in [2.05, 4.69) is 11.2 Å². The predicted molar refractivity (Wildman–Crippen MR) is 67.5 cm³/mol. The first-order valence-electron chi connectivity index (χ1n) is 5.47. The van der Waals surface area contributed by atoms with Gasteiger partial charge in [0.05, 0.1) is 5.39 Å². The number of nitrogen functional groups attached to an aromatic ring is 1. The van der Waals surface area contributed by atoms with Gasteiger partial charge in [-0.3, -0.25) is 0 Å². The topological polar surface area (TPSA) is 42.8 Å². The zero-order valence-corrected chi connectivity index (χ0v) is 9.25. The van der Waals surface area contributed by atoms with Gasteiger partial charge in [0.2, 0.25) is 6.20 Å². The Morgan fingerprint density at radius 1 is 0.882 bits per heavy atom. The first-order chi connectivity index (χ1) is 8.34. The molecule has 0 saturated heterocycles. The minimum Gasteiger partial charge on any atom is -0.181 e. The summed E-state index contributed by atoms with van der Waals surface area (Å²) >= 11 is 0. The van der Waals surface area contributed by atoms with E-state index in [1.807, 2.05) is 54.7 Å². The van der Waals surface area contributed by atoms with Crippen molar-refractivity contribution >= 4 is 10.8 Å². The molecule has 0 amide bonds. The fourth-order valence-corrected chi connectivity index (χ4v) is 1.98. The maximum absolute atomic E-state index is 5.77. The molecule has 0 spiro atoms. The third-order valence-electron chi connectivity index (χ3n) is 2.75. The van der Waals surface area contributed by atoms with Crippen LogP contribution < -0.4 is 10.6 Å². The van der Waals surface area contributed by atoms with Crippen molar-refractivity contribution in [3.63, 3.8) is 0 Å². The smallest absolute Gasteiger partial charge is 0.181 e. The molecule has 0 fully saturated rings. The molecule has 0 atom stereocenters. The number of benzene rings is 2. The Morgan fingerprint density at radius 2 is 1.59 bits per heavy atom. The van der Waals surface area contributed by atoms with Gasteiger partial charge >= 0.3 is 0 Å². The van der Waals surface area contributed by atoms with Crippen molar-refractivity contribution in [3.05, 3.63) is 60.8 Å². The molecule has 3 nitrogen and oxygen atoms in total. The molecule has 0 unspecified atom stereocenters. The predicted octanol–water partition coefficient (Wildman–Crippen LogP) is 1.90. The summed E-state index contributed by atoms with van der Waals surface area (Å²) in [5.74, 6) is 5.77. The second-order valence-corrected chi connectivity index (χ2v) is 3.91. The second-order valence-electron chi connectivity index (χ2n) is 3.91. The molecule has 82 valence electrons. The molecule has 2 aromatic carbocycles. The molecule has 0 aliphatic heterocycles. The zero-order valence-electron chi connectivity index (χ0n) is 9.25. The maximum atomic E-state index is 5.77. The summed E-state index contributed by atoms with van der Waals surface area (Å²) < 4.78 is 0. The van der Waals surface area contributed by atoms with E-state index in [1.165, 1.54) is 4.79 Å². The molecule has 3 heteroatoms. The van der Waals surface area contributed by atoms with Crippen LogP contribution in [0.5, 0.6) is 0 Å². The number of nitrogens with two attached hydrogens (primary N) is 1. The average Bonchev–Trinajstić information content (AvgIpc) is 2.39. The van der Waals surface area contributed by atoms with E-state index in [1.54, 1.807) is 0 Å². The summed E-state index contributed by atoms with van der Waals surface area (Å²) in [4.78, 5) is 1.37. The van der Waals surface area contributed by atoms with Crippen LogP contribution in [0.15, 0.2) is 60.8 Å². The minimum atomic E-state index is 0.909. The maximum Gasteiger partial charge on any atom is 0.238 e. The highest BCUT2D eigenvalue weighted by molar-refractivity contribution is 5.93. The number of nitrogens with zero attached hydrogens (tertiary/aromatic N) is 2. The highest BCUT2D eigenvalue weighted by Gasteiger charge is 2.11. The highest BCUT2D eigenvalue weighted by atomic mass is 15.5. The normalized spacial score (nSPS) is 10.6. The van der Waals surface area contributed by atoms with Crippen molar-refractivity contribution in [2.75, 3.05) is 5.84 Å². The van der Waals surface area contributed by atoms with Gasteiger partial charge in [0.25, 0.3) is 0 Å². The Labute approximate surface area is 99.1 Å². The molecular weight excluding hydrogens is 210 g/mol. The standard InChI is InChI=1S/C14H12N3/c15-17-10-12-8-4-5-9-13(12)14(16-17)11-6-2-1-3-7-11/h1-10H,(H2,15,16)/q+1. The summed E-state index contributed by atoms with van der Waals surface area (Å²) in [5, 5.41) is 6.56. The van der Waals surface area contributed by atoms with Crippen LogP contribution in [0.1, 0.15) is 0 Å². The fraction of sp³-hybridized carbons (Fsp3) is 0. The third kappa shape index (κ3) is 1.72. The molecule has 1 heterocycles. The van der Waals surface area contributed by atoms with Crippen LogP contribution in [-0.4, -0.2) is 5.10 Å². The van der Waals surface area contributed by atoms with Crippen LogP contribution in [0.3, 0.4) is 0 Å². The van der Waals surface area contributed by atoms with Crippen LogP contribution in [0.2, 0.25) is 0 Å². The first-order valence-corrected chi connectivity index (χ1v) is 5.47. The highest BCUT2D eigenvalue weighted by Crippen LogP contribution is 2.24. The summed E-state index contributed by atoms with van der Waals surface area (Å²) in [6, 6.07) is 18.2. The molecule has 17 heavy (non-hydrogen) atoms. The average molecular weight is 222 g/mol. The Morgan fingerprint density at radius 3 is 2.41 bits per heavy atom. The van der Waals surface area contributed by atoms with Gasteiger partial charge in [0.1, 0.15) is 5.69 Å². The quantitative estimate of drug-likeness (QED) is 0.505. The fourth-order valence-electron chi connectivity index (χ4n) is 1.98. The molecule has 0 aliphatic rings. The van der Waals surface area contributed by atoms with Crippen molar-refractivity contribution in [1.82, 2.24) is 5.10 Å². The number of rotatable bonds is 1. The van der Waals surface area contributed by atoms with Gasteiger partial charge in [0.15, 0.2) is 0 Å². The lowest BCUT2D eigenvalue weighted by Gasteiger charge is -2.02. The van der Waals surface area contributed by atoms with Gasteiger partial charge in [0, 0.05) is 20.8 Å². The lowest BCUT2D eigenvalue weighted by molar-refractivity contribution is -0.698. The summed E-state index contributed by atoms with van der Waals surface area (Å²) in [6.07, 6.45) is 1.82. The monoisotopic (exact) mass is 222 g/mol.